The minimum atomic E-state index is -3.62. The molecule has 0 amide bonds. The van der Waals surface area contributed by atoms with Gasteiger partial charge in [0.25, 0.3) is 5.56 Å². The van der Waals surface area contributed by atoms with Crippen molar-refractivity contribution in [3.63, 3.8) is 0 Å². The minimum absolute atomic E-state index is 0.210. The second-order valence-corrected chi connectivity index (χ2v) is 7.71. The molecular formula is C11H10N2O5S2. The van der Waals surface area contributed by atoms with Crippen molar-refractivity contribution in [2.45, 2.75) is 23.9 Å². The zero-order valence-electron chi connectivity index (χ0n) is 10.3. The smallest absolute Gasteiger partial charge is 0.311 e. The van der Waals surface area contributed by atoms with Gasteiger partial charge in [-0.1, -0.05) is 0 Å². The molecule has 0 spiro atoms. The summed E-state index contributed by atoms with van der Waals surface area (Å²) in [7, 11) is -3.62. The highest BCUT2D eigenvalue weighted by molar-refractivity contribution is 7.90. The van der Waals surface area contributed by atoms with Gasteiger partial charge in [0, 0.05) is 11.1 Å². The fourth-order valence-electron chi connectivity index (χ4n) is 2.45. The minimum Gasteiger partial charge on any atom is -0.481 e. The average molecular weight is 314 g/mol. The van der Waals surface area contributed by atoms with Crippen molar-refractivity contribution in [1.82, 2.24) is 9.97 Å². The van der Waals surface area contributed by atoms with Gasteiger partial charge in [0.2, 0.25) is 15.0 Å². The molecule has 1 atom stereocenters. The number of nitrogens with one attached hydrogen (secondary N) is 1. The van der Waals surface area contributed by atoms with Crippen LogP contribution in [0.2, 0.25) is 0 Å². The highest BCUT2D eigenvalue weighted by atomic mass is 32.2. The number of hydrogen-bond acceptors (Lipinski definition) is 6. The van der Waals surface area contributed by atoms with Gasteiger partial charge in [-0.3, -0.25) is 14.6 Å². The Morgan fingerprint density at radius 1 is 1.50 bits per heavy atom. The largest absolute Gasteiger partial charge is 0.481 e. The lowest BCUT2D eigenvalue weighted by molar-refractivity contribution is -0.138. The van der Waals surface area contributed by atoms with Crippen molar-refractivity contribution in [2.24, 2.45) is 0 Å². The summed E-state index contributed by atoms with van der Waals surface area (Å²) in [5.74, 6) is -1.69. The number of carbonyl (C=O) groups is 1. The summed E-state index contributed by atoms with van der Waals surface area (Å²) in [4.78, 5) is 30.6. The molecule has 2 heterocycles. The third-order valence-corrected chi connectivity index (χ3v) is 5.37. The number of carboxylic acid groups (broad SMARTS) is 1. The molecule has 1 unspecified atom stereocenters. The molecule has 0 bridgehead atoms. The summed E-state index contributed by atoms with van der Waals surface area (Å²) in [5.41, 5.74) is -0.104. The molecule has 0 saturated carbocycles. The van der Waals surface area contributed by atoms with Crippen molar-refractivity contribution >= 4 is 37.4 Å². The van der Waals surface area contributed by atoms with Crippen LogP contribution >= 0.6 is 11.3 Å². The van der Waals surface area contributed by atoms with Crippen molar-refractivity contribution in [1.29, 1.82) is 0 Å². The van der Waals surface area contributed by atoms with Gasteiger partial charge in [0.15, 0.2) is 0 Å². The predicted octanol–water partition coefficient (Wildman–Crippen LogP) is 0.503. The first-order chi connectivity index (χ1) is 9.29. The number of hydrogen-bond donors (Lipinski definition) is 2. The van der Waals surface area contributed by atoms with Gasteiger partial charge in [-0.25, -0.2) is 13.4 Å². The van der Waals surface area contributed by atoms with Gasteiger partial charge in [0.1, 0.15) is 4.83 Å². The molecule has 0 saturated heterocycles. The molecule has 2 aromatic heterocycles. The predicted molar refractivity (Wildman–Crippen MR) is 72.0 cm³/mol. The topological polar surface area (TPSA) is 117 Å². The molecule has 9 heteroatoms. The Morgan fingerprint density at radius 3 is 2.80 bits per heavy atom. The first-order valence-electron chi connectivity index (χ1n) is 5.77. The monoisotopic (exact) mass is 314 g/mol. The Kier molecular flexibility index (Phi) is 2.73. The number of aromatic amines is 1. The van der Waals surface area contributed by atoms with E-state index in [2.05, 4.69) is 9.97 Å². The summed E-state index contributed by atoms with van der Waals surface area (Å²) >= 11 is 1.19. The number of fused-ring (bicyclic) bond motifs is 3. The van der Waals surface area contributed by atoms with Crippen molar-refractivity contribution in [2.75, 3.05) is 6.26 Å². The number of thiophene rings is 1. The van der Waals surface area contributed by atoms with Gasteiger partial charge in [-0.15, -0.1) is 11.3 Å². The van der Waals surface area contributed by atoms with Crippen LogP contribution in [-0.2, 0) is 21.1 Å². The lowest BCUT2D eigenvalue weighted by Crippen LogP contribution is -2.17. The maximum atomic E-state index is 12.1. The first kappa shape index (κ1) is 13.3. The highest BCUT2D eigenvalue weighted by Gasteiger charge is 2.34. The molecule has 106 valence electrons. The van der Waals surface area contributed by atoms with E-state index in [1.807, 2.05) is 0 Å². The van der Waals surface area contributed by atoms with Crippen LogP contribution < -0.4 is 5.56 Å². The van der Waals surface area contributed by atoms with Gasteiger partial charge in [-0.2, -0.15) is 0 Å². The molecule has 1 aliphatic carbocycles. The number of aryl methyl sites for hydroxylation is 1. The fraction of sp³-hybridized carbons (Fsp3) is 0.364. The summed E-state index contributed by atoms with van der Waals surface area (Å²) in [5, 5.41) is 9.01. The van der Waals surface area contributed by atoms with Crippen molar-refractivity contribution < 1.29 is 18.3 Å². The maximum Gasteiger partial charge on any atom is 0.311 e. The number of aliphatic carboxylic acids is 1. The first-order valence-corrected chi connectivity index (χ1v) is 8.48. The molecule has 3 rings (SSSR count). The molecule has 20 heavy (non-hydrogen) atoms. The Labute approximate surface area is 117 Å². The van der Waals surface area contributed by atoms with E-state index in [0.29, 0.717) is 18.4 Å². The number of rotatable bonds is 2. The molecule has 1 aliphatic rings. The Bertz CT molecular complexity index is 893. The zero-order valence-corrected chi connectivity index (χ0v) is 12.0. The van der Waals surface area contributed by atoms with Crippen LogP contribution in [0.25, 0.3) is 10.2 Å². The van der Waals surface area contributed by atoms with Crippen LogP contribution in [0.15, 0.2) is 9.95 Å². The second-order valence-electron chi connectivity index (χ2n) is 4.69. The van der Waals surface area contributed by atoms with E-state index < -0.39 is 27.3 Å². The highest BCUT2D eigenvalue weighted by Crippen LogP contribution is 2.42. The standard InChI is InChI=1S/C11H10N2O5S2/c1-20(17,18)11-12-8(14)7-6-4(10(15)16)2-3-5(6)19-9(7)13-11/h4H,2-3H2,1H3,(H,15,16)(H,12,13,14). The van der Waals surface area contributed by atoms with Crippen molar-refractivity contribution in [3.8, 4) is 0 Å². The number of aromatic nitrogens is 2. The molecular weight excluding hydrogens is 304 g/mol. The molecule has 2 N–H and O–H groups in total. The van der Waals surface area contributed by atoms with Crippen LogP contribution in [-0.4, -0.2) is 35.7 Å². The zero-order chi connectivity index (χ0) is 14.7. The third-order valence-electron chi connectivity index (χ3n) is 3.31. The van der Waals surface area contributed by atoms with Crippen LogP contribution in [0.4, 0.5) is 0 Å². The fourth-order valence-corrected chi connectivity index (χ4v) is 4.29. The molecule has 0 aliphatic heterocycles. The molecule has 7 nitrogen and oxygen atoms in total. The van der Waals surface area contributed by atoms with Gasteiger partial charge in [0.05, 0.1) is 11.3 Å². The lowest BCUT2D eigenvalue weighted by Gasteiger charge is -2.04. The Balaban J connectivity index is 2.35. The number of sulfone groups is 1. The number of H-pyrrole nitrogens is 1. The van der Waals surface area contributed by atoms with E-state index in [1.54, 1.807) is 0 Å². The van der Waals surface area contributed by atoms with E-state index in [4.69, 9.17) is 0 Å². The summed E-state index contributed by atoms with van der Waals surface area (Å²) < 4.78 is 22.9. The van der Waals surface area contributed by atoms with E-state index in [0.717, 1.165) is 11.1 Å². The van der Waals surface area contributed by atoms with Crippen LogP contribution in [0.5, 0.6) is 0 Å². The van der Waals surface area contributed by atoms with Gasteiger partial charge >= 0.3 is 5.97 Å². The number of nitrogens with zero attached hydrogens (tertiary/aromatic N) is 1. The molecule has 0 radical (unpaired) electrons. The van der Waals surface area contributed by atoms with E-state index in [9.17, 15) is 23.1 Å². The molecule has 2 aromatic rings. The summed E-state index contributed by atoms with van der Waals surface area (Å²) in [6.45, 7) is 0. The van der Waals surface area contributed by atoms with E-state index in [1.165, 1.54) is 11.3 Å². The van der Waals surface area contributed by atoms with Crippen molar-refractivity contribution in [3.05, 3.63) is 20.8 Å². The van der Waals surface area contributed by atoms with Crippen LogP contribution in [0, 0.1) is 0 Å². The molecule has 0 fully saturated rings. The van der Waals surface area contributed by atoms with E-state index >= 15 is 0 Å². The van der Waals surface area contributed by atoms with Gasteiger partial charge < -0.3 is 5.11 Å². The second kappa shape index (κ2) is 4.13. The summed E-state index contributed by atoms with van der Waals surface area (Å²) in [6, 6.07) is 0. The van der Waals surface area contributed by atoms with Crippen LogP contribution in [0.1, 0.15) is 22.8 Å². The van der Waals surface area contributed by atoms with Crippen LogP contribution in [0.3, 0.4) is 0 Å². The normalized spacial score (nSPS) is 18.4. The quantitative estimate of drug-likeness (QED) is 0.780. The maximum absolute atomic E-state index is 12.1. The molecule has 0 aromatic carbocycles. The average Bonchev–Trinajstić information content (AvgIpc) is 2.84. The van der Waals surface area contributed by atoms with Gasteiger partial charge in [-0.05, 0) is 18.4 Å². The SMILES string of the molecule is CS(=O)(=O)c1nc2sc3c(c2c(=O)[nH]1)C(C(=O)O)CC3. The lowest BCUT2D eigenvalue weighted by atomic mass is 10.0. The van der Waals surface area contributed by atoms with E-state index in [-0.39, 0.29) is 15.4 Å². The third kappa shape index (κ3) is 1.85. The Hall–Kier alpha value is -1.74. The number of carboxylic acids is 1. The summed E-state index contributed by atoms with van der Waals surface area (Å²) in [6.07, 6.45) is 1.99. The Morgan fingerprint density at radius 2 is 2.20 bits per heavy atom.